The first kappa shape index (κ1) is 15.1. The largest absolute Gasteiger partial charge is 0.573 e. The summed E-state index contributed by atoms with van der Waals surface area (Å²) in [4.78, 5) is 11.4. The first-order chi connectivity index (χ1) is 8.90. The van der Waals surface area contributed by atoms with E-state index in [0.717, 1.165) is 6.07 Å². The van der Waals surface area contributed by atoms with Gasteiger partial charge in [-0.25, -0.2) is 0 Å². The van der Waals surface area contributed by atoms with Crippen molar-refractivity contribution in [2.45, 2.75) is 19.7 Å². The Morgan fingerprint density at radius 2 is 2.11 bits per heavy atom. The van der Waals surface area contributed by atoms with Gasteiger partial charge in [0.1, 0.15) is 12.4 Å². The van der Waals surface area contributed by atoms with E-state index < -0.39 is 12.3 Å². The van der Waals surface area contributed by atoms with E-state index in [9.17, 15) is 18.0 Å². The number of allylic oxidation sites excluding steroid dienone is 1. The molecule has 0 aliphatic rings. The fraction of sp³-hybridized carbons (Fsp3) is 0.308. The molecule has 0 bridgehead atoms. The Labute approximate surface area is 108 Å². The second-order valence-corrected chi connectivity index (χ2v) is 3.62. The Morgan fingerprint density at radius 1 is 1.37 bits per heavy atom. The van der Waals surface area contributed by atoms with Crippen LogP contribution in [0.15, 0.2) is 36.4 Å². The molecule has 0 saturated heterocycles. The number of esters is 1. The molecular formula is C13H13F3O3. The first-order valence-corrected chi connectivity index (χ1v) is 5.52. The lowest BCUT2D eigenvalue weighted by Gasteiger charge is -2.09. The minimum absolute atomic E-state index is 0.105. The Balaban J connectivity index is 2.59. The molecule has 1 aromatic rings. The highest BCUT2D eigenvalue weighted by Crippen LogP contribution is 2.23. The summed E-state index contributed by atoms with van der Waals surface area (Å²) in [6.07, 6.45) is -1.47. The molecule has 0 fully saturated rings. The number of carbonyl (C=O) groups is 1. The van der Waals surface area contributed by atoms with E-state index in [-0.39, 0.29) is 18.8 Å². The maximum Gasteiger partial charge on any atom is 0.573 e. The van der Waals surface area contributed by atoms with Crippen LogP contribution < -0.4 is 4.74 Å². The van der Waals surface area contributed by atoms with E-state index in [4.69, 9.17) is 4.74 Å². The monoisotopic (exact) mass is 274 g/mol. The van der Waals surface area contributed by atoms with Gasteiger partial charge in [0.2, 0.25) is 0 Å². The summed E-state index contributed by atoms with van der Waals surface area (Å²) in [6, 6.07) is 5.24. The molecule has 0 N–H and O–H groups in total. The van der Waals surface area contributed by atoms with E-state index in [2.05, 4.69) is 4.74 Å². The second-order valence-electron chi connectivity index (χ2n) is 3.62. The Bertz CT molecular complexity index is 453. The van der Waals surface area contributed by atoms with Gasteiger partial charge in [-0.3, -0.25) is 4.79 Å². The predicted molar refractivity (Wildman–Crippen MR) is 62.6 cm³/mol. The third-order valence-corrected chi connectivity index (χ3v) is 2.06. The van der Waals surface area contributed by atoms with Gasteiger partial charge in [-0.05, 0) is 24.6 Å². The van der Waals surface area contributed by atoms with Crippen molar-refractivity contribution in [3.05, 3.63) is 42.0 Å². The van der Waals surface area contributed by atoms with Gasteiger partial charge in [-0.15, -0.1) is 13.2 Å². The summed E-state index contributed by atoms with van der Waals surface area (Å²) in [5, 5.41) is 0. The lowest BCUT2D eigenvalue weighted by Crippen LogP contribution is -2.17. The molecule has 0 spiro atoms. The lowest BCUT2D eigenvalue weighted by atomic mass is 10.1. The molecule has 0 atom stereocenters. The molecule has 3 nitrogen and oxygen atoms in total. The smallest absolute Gasteiger partial charge is 0.461 e. The summed E-state index contributed by atoms with van der Waals surface area (Å²) >= 11 is 0. The van der Waals surface area contributed by atoms with Crippen LogP contribution in [0.1, 0.15) is 12.5 Å². The molecule has 104 valence electrons. The second kappa shape index (κ2) is 6.82. The van der Waals surface area contributed by atoms with Crippen molar-refractivity contribution in [1.82, 2.24) is 0 Å². The van der Waals surface area contributed by atoms with Crippen LogP contribution in [0.3, 0.4) is 0 Å². The summed E-state index contributed by atoms with van der Waals surface area (Å²) in [7, 11) is 0. The molecule has 0 aliphatic heterocycles. The predicted octanol–water partition coefficient (Wildman–Crippen LogP) is 3.25. The Kier molecular flexibility index (Phi) is 5.41. The van der Waals surface area contributed by atoms with E-state index in [1.807, 2.05) is 0 Å². The van der Waals surface area contributed by atoms with Crippen LogP contribution in [0.4, 0.5) is 13.2 Å². The van der Waals surface area contributed by atoms with E-state index in [0.29, 0.717) is 5.56 Å². The number of alkyl halides is 3. The normalized spacial score (nSPS) is 11.6. The van der Waals surface area contributed by atoms with E-state index in [1.54, 1.807) is 19.1 Å². The number of carbonyl (C=O) groups excluding carboxylic acids is 1. The van der Waals surface area contributed by atoms with Crippen molar-refractivity contribution in [3.63, 3.8) is 0 Å². The molecule has 1 aromatic carbocycles. The third-order valence-electron chi connectivity index (χ3n) is 2.06. The number of rotatable bonds is 5. The average molecular weight is 274 g/mol. The highest BCUT2D eigenvalue weighted by atomic mass is 19.4. The van der Waals surface area contributed by atoms with Gasteiger partial charge in [0, 0.05) is 0 Å². The molecule has 0 unspecified atom stereocenters. The minimum atomic E-state index is -4.74. The fourth-order valence-corrected chi connectivity index (χ4v) is 1.31. The first-order valence-electron chi connectivity index (χ1n) is 5.52. The summed E-state index contributed by atoms with van der Waals surface area (Å²) < 4.78 is 44.7. The van der Waals surface area contributed by atoms with Crippen LogP contribution in [0.25, 0.3) is 0 Å². The molecule has 0 aromatic heterocycles. The van der Waals surface area contributed by atoms with E-state index in [1.165, 1.54) is 18.2 Å². The Morgan fingerprint density at radius 3 is 2.74 bits per heavy atom. The summed E-state index contributed by atoms with van der Waals surface area (Å²) in [5.74, 6) is -0.867. The zero-order chi connectivity index (χ0) is 14.3. The van der Waals surface area contributed by atoms with Crippen molar-refractivity contribution in [3.8, 4) is 5.75 Å². The molecule has 1 rings (SSSR count). The zero-order valence-electron chi connectivity index (χ0n) is 10.2. The lowest BCUT2D eigenvalue weighted by molar-refractivity contribution is -0.274. The average Bonchev–Trinajstić information content (AvgIpc) is 2.27. The van der Waals surface area contributed by atoms with E-state index >= 15 is 0 Å². The van der Waals surface area contributed by atoms with Gasteiger partial charge in [-0.2, -0.15) is 0 Å². The van der Waals surface area contributed by atoms with Gasteiger partial charge in [0.15, 0.2) is 0 Å². The van der Waals surface area contributed by atoms with Crippen LogP contribution in [0.2, 0.25) is 0 Å². The van der Waals surface area contributed by atoms with Crippen LogP contribution >= 0.6 is 0 Å². The van der Waals surface area contributed by atoms with Crippen LogP contribution in [-0.4, -0.2) is 18.9 Å². The maximum atomic E-state index is 12.0. The molecule has 0 aliphatic carbocycles. The highest BCUT2D eigenvalue weighted by molar-refractivity contribution is 5.72. The van der Waals surface area contributed by atoms with Crippen molar-refractivity contribution in [1.29, 1.82) is 0 Å². The van der Waals surface area contributed by atoms with Gasteiger partial charge < -0.3 is 9.47 Å². The molecule has 0 heterocycles. The Hall–Kier alpha value is -1.98. The molecule has 19 heavy (non-hydrogen) atoms. The van der Waals surface area contributed by atoms with Crippen molar-refractivity contribution >= 4 is 5.97 Å². The zero-order valence-corrected chi connectivity index (χ0v) is 10.2. The van der Waals surface area contributed by atoms with Gasteiger partial charge in [0.25, 0.3) is 0 Å². The minimum Gasteiger partial charge on any atom is -0.461 e. The number of hydrogen-bond donors (Lipinski definition) is 0. The van der Waals surface area contributed by atoms with Crippen LogP contribution in [0.5, 0.6) is 5.75 Å². The molecule has 6 heteroatoms. The van der Waals surface area contributed by atoms with Gasteiger partial charge >= 0.3 is 12.3 Å². The number of benzene rings is 1. The van der Waals surface area contributed by atoms with Crippen LogP contribution in [-0.2, 0) is 16.0 Å². The third kappa shape index (κ3) is 6.49. The molecule has 0 radical (unpaired) electrons. The number of ether oxygens (including phenoxy) is 2. The summed E-state index contributed by atoms with van der Waals surface area (Å²) in [6.45, 7) is 1.93. The fourth-order valence-electron chi connectivity index (χ4n) is 1.31. The molecular weight excluding hydrogens is 261 g/mol. The van der Waals surface area contributed by atoms with Gasteiger partial charge in [-0.1, -0.05) is 24.3 Å². The number of hydrogen-bond acceptors (Lipinski definition) is 3. The number of halogens is 3. The van der Waals surface area contributed by atoms with Gasteiger partial charge in [0.05, 0.1) is 6.42 Å². The van der Waals surface area contributed by atoms with Crippen molar-refractivity contribution < 1.29 is 27.4 Å². The maximum absolute atomic E-state index is 12.0. The standard InChI is InChI=1S/C13H13F3O3/c1-2-3-7-18-12(17)9-10-5-4-6-11(8-10)19-13(14,15)16/h2-6,8H,7,9H2,1H3. The molecule has 0 saturated carbocycles. The quantitative estimate of drug-likeness (QED) is 0.610. The van der Waals surface area contributed by atoms with Crippen molar-refractivity contribution in [2.75, 3.05) is 6.61 Å². The molecule has 0 amide bonds. The van der Waals surface area contributed by atoms with Crippen molar-refractivity contribution in [2.24, 2.45) is 0 Å². The topological polar surface area (TPSA) is 35.5 Å². The SMILES string of the molecule is CC=CCOC(=O)Cc1cccc(OC(F)(F)F)c1. The summed E-state index contributed by atoms with van der Waals surface area (Å²) in [5.41, 5.74) is 0.396. The van der Waals surface area contributed by atoms with Crippen LogP contribution in [0, 0.1) is 0 Å². The highest BCUT2D eigenvalue weighted by Gasteiger charge is 2.31.